The topological polar surface area (TPSA) is 136 Å². The molecule has 1 aromatic carbocycles. The van der Waals surface area contributed by atoms with Crippen LogP contribution in [-0.4, -0.2) is 79.9 Å². The Balaban J connectivity index is 1.53. The summed E-state index contributed by atoms with van der Waals surface area (Å²) in [7, 11) is 1.94. The van der Waals surface area contributed by atoms with Crippen LogP contribution in [0.3, 0.4) is 0 Å². The quantitative estimate of drug-likeness (QED) is 0.405. The maximum Gasteiger partial charge on any atom is 0.270 e. The van der Waals surface area contributed by atoms with Gasteiger partial charge in [0.2, 0.25) is 5.88 Å². The van der Waals surface area contributed by atoms with Crippen molar-refractivity contribution in [3.05, 3.63) is 65.7 Å². The minimum Gasteiger partial charge on any atom is -0.493 e. The van der Waals surface area contributed by atoms with Gasteiger partial charge in [0.1, 0.15) is 30.2 Å². The largest absolute Gasteiger partial charge is 0.493 e. The fourth-order valence-corrected chi connectivity index (χ4v) is 4.33. The highest BCUT2D eigenvalue weighted by Crippen LogP contribution is 2.29. The molecule has 4 aromatic rings. The lowest BCUT2D eigenvalue weighted by Crippen LogP contribution is -2.53. The fourth-order valence-electron chi connectivity index (χ4n) is 4.33. The summed E-state index contributed by atoms with van der Waals surface area (Å²) in [6.07, 6.45) is 2.67. The summed E-state index contributed by atoms with van der Waals surface area (Å²) in [5.74, 6) is -0.124. The van der Waals surface area contributed by atoms with Gasteiger partial charge in [0, 0.05) is 44.5 Å². The van der Waals surface area contributed by atoms with Crippen LogP contribution in [0.25, 0.3) is 16.9 Å². The number of aromatic hydroxyl groups is 1. The summed E-state index contributed by atoms with van der Waals surface area (Å²) in [5.41, 5.74) is 2.55. The third-order valence-corrected chi connectivity index (χ3v) is 6.30. The SMILES string of the molecule is CN1CCN(c2cc(C(=O)NCc3ccc(C#N)cc3)nc3cc(-c4cncnc4O)nn23)[C@H](CF)C1. The number of hydrogen-bond donors (Lipinski definition) is 2. The number of nitrogens with one attached hydrogen (secondary N) is 1. The Kier molecular flexibility index (Phi) is 6.61. The van der Waals surface area contributed by atoms with E-state index in [-0.39, 0.29) is 18.1 Å². The molecule has 1 amide bonds. The number of carbonyl (C=O) groups is 1. The predicted molar refractivity (Wildman–Crippen MR) is 133 cm³/mol. The van der Waals surface area contributed by atoms with Gasteiger partial charge in [0.25, 0.3) is 5.91 Å². The predicted octanol–water partition coefficient (Wildman–Crippen LogP) is 1.78. The molecule has 5 rings (SSSR count). The lowest BCUT2D eigenvalue weighted by Gasteiger charge is -2.40. The van der Waals surface area contributed by atoms with Crippen molar-refractivity contribution < 1.29 is 14.3 Å². The van der Waals surface area contributed by atoms with Crippen LogP contribution in [0, 0.1) is 11.3 Å². The molecular formula is C25H24FN9O2. The Bertz CT molecular complexity index is 1480. The number of nitriles is 1. The summed E-state index contributed by atoms with van der Waals surface area (Å²) in [6, 6.07) is 11.8. The van der Waals surface area contributed by atoms with E-state index in [2.05, 4.69) is 36.3 Å². The van der Waals surface area contributed by atoms with Crippen molar-refractivity contribution in [3.63, 3.8) is 0 Å². The van der Waals surface area contributed by atoms with E-state index in [1.807, 2.05) is 11.9 Å². The summed E-state index contributed by atoms with van der Waals surface area (Å²) >= 11 is 0. The van der Waals surface area contributed by atoms with Gasteiger partial charge in [0.05, 0.1) is 23.2 Å². The van der Waals surface area contributed by atoms with Crippen LogP contribution >= 0.6 is 0 Å². The van der Waals surface area contributed by atoms with Crippen LogP contribution in [0.1, 0.15) is 21.6 Å². The monoisotopic (exact) mass is 501 g/mol. The molecule has 188 valence electrons. The van der Waals surface area contributed by atoms with Gasteiger partial charge in [0.15, 0.2) is 5.65 Å². The first-order valence-corrected chi connectivity index (χ1v) is 11.7. The first-order chi connectivity index (χ1) is 18.0. The molecule has 4 heterocycles. The second-order valence-corrected chi connectivity index (χ2v) is 8.81. The van der Waals surface area contributed by atoms with Gasteiger partial charge >= 0.3 is 0 Å². The number of piperazine rings is 1. The van der Waals surface area contributed by atoms with Gasteiger partial charge in [-0.2, -0.15) is 14.9 Å². The van der Waals surface area contributed by atoms with Crippen LogP contribution in [0.15, 0.2) is 48.9 Å². The molecule has 1 fully saturated rings. The normalized spacial score (nSPS) is 16.0. The Morgan fingerprint density at radius 1 is 1.27 bits per heavy atom. The van der Waals surface area contributed by atoms with E-state index in [0.29, 0.717) is 47.9 Å². The van der Waals surface area contributed by atoms with Crippen molar-refractivity contribution >= 4 is 17.4 Å². The molecule has 1 saturated heterocycles. The van der Waals surface area contributed by atoms with Crippen molar-refractivity contribution in [2.45, 2.75) is 12.6 Å². The van der Waals surface area contributed by atoms with Crippen LogP contribution in [0.2, 0.25) is 0 Å². The smallest absolute Gasteiger partial charge is 0.270 e. The Morgan fingerprint density at radius 2 is 2.08 bits per heavy atom. The molecular weight excluding hydrogens is 477 g/mol. The number of carbonyl (C=O) groups excluding carboxylic acids is 1. The molecule has 2 N–H and O–H groups in total. The van der Waals surface area contributed by atoms with E-state index in [9.17, 15) is 14.3 Å². The van der Waals surface area contributed by atoms with Crippen molar-refractivity contribution in [3.8, 4) is 23.2 Å². The number of aromatic nitrogens is 5. The third-order valence-electron chi connectivity index (χ3n) is 6.30. The van der Waals surface area contributed by atoms with Crippen molar-refractivity contribution in [1.29, 1.82) is 5.26 Å². The molecule has 0 aliphatic carbocycles. The first kappa shape index (κ1) is 24.1. The van der Waals surface area contributed by atoms with Crippen molar-refractivity contribution in [1.82, 2.24) is 34.8 Å². The number of alkyl halides is 1. The minimum atomic E-state index is -0.574. The van der Waals surface area contributed by atoms with E-state index in [4.69, 9.17) is 5.26 Å². The third kappa shape index (κ3) is 4.89. The number of hydrogen-bond acceptors (Lipinski definition) is 9. The number of halogens is 1. The molecule has 3 aromatic heterocycles. The zero-order valence-corrected chi connectivity index (χ0v) is 20.0. The molecule has 12 heteroatoms. The van der Waals surface area contributed by atoms with Gasteiger partial charge in [-0.05, 0) is 24.7 Å². The number of amides is 1. The highest BCUT2D eigenvalue weighted by molar-refractivity contribution is 5.93. The number of fused-ring (bicyclic) bond motifs is 1. The molecule has 0 saturated carbocycles. The molecule has 1 aliphatic heterocycles. The number of benzene rings is 1. The highest BCUT2D eigenvalue weighted by atomic mass is 19.1. The lowest BCUT2D eigenvalue weighted by molar-refractivity contribution is 0.0946. The van der Waals surface area contributed by atoms with Crippen LogP contribution in [0.5, 0.6) is 5.88 Å². The standard InChI is InChI=1S/C25H24FN9O2/c1-33-6-7-34(18(10-26)14-33)23-9-21(25(37)29-12-17-4-2-16(11-27)3-5-17)31-22-8-20(32-35(22)23)19-13-28-15-30-24(19)36/h2-5,8-9,13,15,18H,6-7,10,12,14H2,1H3,(H,29,37)(H,28,30,36)/t18-/m1/s1. The molecule has 0 radical (unpaired) electrons. The van der Waals surface area contributed by atoms with E-state index in [0.717, 1.165) is 5.56 Å². The molecule has 0 unspecified atom stereocenters. The van der Waals surface area contributed by atoms with Crippen LogP contribution in [0.4, 0.5) is 10.2 Å². The Labute approximate surface area is 211 Å². The van der Waals surface area contributed by atoms with Crippen molar-refractivity contribution in [2.24, 2.45) is 0 Å². The summed E-state index contributed by atoms with van der Waals surface area (Å²) in [6.45, 7) is 1.43. The maximum absolute atomic E-state index is 14.1. The zero-order valence-electron chi connectivity index (χ0n) is 20.0. The van der Waals surface area contributed by atoms with E-state index in [1.54, 1.807) is 40.9 Å². The maximum atomic E-state index is 14.1. The van der Waals surface area contributed by atoms with E-state index >= 15 is 0 Å². The average molecular weight is 502 g/mol. The molecule has 37 heavy (non-hydrogen) atoms. The highest BCUT2D eigenvalue weighted by Gasteiger charge is 2.29. The van der Waals surface area contributed by atoms with Gasteiger partial charge in [-0.1, -0.05) is 12.1 Å². The zero-order chi connectivity index (χ0) is 25.9. The number of anilines is 1. The van der Waals surface area contributed by atoms with Gasteiger partial charge in [-0.25, -0.2) is 19.3 Å². The molecule has 0 spiro atoms. The van der Waals surface area contributed by atoms with E-state index in [1.165, 1.54) is 12.5 Å². The van der Waals surface area contributed by atoms with Gasteiger partial charge in [-0.3, -0.25) is 4.79 Å². The Hall–Kier alpha value is -4.63. The summed E-state index contributed by atoms with van der Waals surface area (Å²) in [4.78, 5) is 29.4. The molecule has 1 aliphatic rings. The second-order valence-electron chi connectivity index (χ2n) is 8.81. The first-order valence-electron chi connectivity index (χ1n) is 11.7. The minimum absolute atomic E-state index is 0.146. The molecule has 11 nitrogen and oxygen atoms in total. The number of rotatable bonds is 6. The van der Waals surface area contributed by atoms with Crippen LogP contribution < -0.4 is 10.2 Å². The number of nitrogens with zero attached hydrogens (tertiary/aromatic N) is 8. The molecule has 0 bridgehead atoms. The second kappa shape index (κ2) is 10.2. The summed E-state index contributed by atoms with van der Waals surface area (Å²) in [5, 5.41) is 26.6. The van der Waals surface area contributed by atoms with Gasteiger partial charge < -0.3 is 20.2 Å². The fraction of sp³-hybridized carbons (Fsp3) is 0.280. The van der Waals surface area contributed by atoms with Gasteiger partial charge in [-0.15, -0.1) is 0 Å². The van der Waals surface area contributed by atoms with E-state index < -0.39 is 18.6 Å². The lowest BCUT2D eigenvalue weighted by atomic mass is 10.1. The van der Waals surface area contributed by atoms with Crippen LogP contribution in [-0.2, 0) is 6.54 Å². The molecule has 1 atom stereocenters. The Morgan fingerprint density at radius 3 is 2.81 bits per heavy atom. The summed E-state index contributed by atoms with van der Waals surface area (Å²) < 4.78 is 15.6. The van der Waals surface area contributed by atoms with Crippen molar-refractivity contribution in [2.75, 3.05) is 38.3 Å². The number of likely N-dealkylation sites (N-methyl/N-ethyl adjacent to an activating group) is 1. The average Bonchev–Trinajstić information content (AvgIpc) is 3.35.